The number of aromatic nitrogens is 3. The van der Waals surface area contributed by atoms with Gasteiger partial charge in [-0.3, -0.25) is 24.8 Å². The van der Waals surface area contributed by atoms with Crippen molar-refractivity contribution in [3.63, 3.8) is 0 Å². The summed E-state index contributed by atoms with van der Waals surface area (Å²) in [5, 5.41) is 11.0. The van der Waals surface area contributed by atoms with Crippen LogP contribution in [0.3, 0.4) is 0 Å². The van der Waals surface area contributed by atoms with E-state index in [1.165, 1.54) is 42.7 Å². The number of methoxy groups -OCH3 is 1. The van der Waals surface area contributed by atoms with E-state index in [-0.39, 0.29) is 17.7 Å². The Morgan fingerprint density at radius 1 is 0.851 bits per heavy atom. The molecule has 67 heavy (non-hydrogen) atoms. The smallest absolute Gasteiger partial charge is 0.234 e. The molecule has 1 unspecified atom stereocenters. The Balaban J connectivity index is 0.746. The predicted molar refractivity (Wildman–Crippen MR) is 274 cm³/mol. The molecule has 0 saturated carbocycles. The third-order valence-electron chi connectivity index (χ3n) is 14.4. The maximum atomic E-state index is 13.6. The number of amides is 2. The fourth-order valence-corrected chi connectivity index (χ4v) is 12.4. The largest absolute Gasteiger partial charge is 0.494 e. The number of benzene rings is 3. The van der Waals surface area contributed by atoms with Gasteiger partial charge in [-0.2, -0.15) is 4.98 Å². The minimum atomic E-state index is -2.70. The number of hydrogen-bond acceptors (Lipinski definition) is 13. The highest BCUT2D eigenvalue weighted by molar-refractivity contribution is 9.10. The van der Waals surface area contributed by atoms with Crippen LogP contribution in [0.5, 0.6) is 5.75 Å². The third-order valence-corrected chi connectivity index (χ3v) is 16.6. The summed E-state index contributed by atoms with van der Waals surface area (Å²) in [6.45, 7) is 15.7. The number of fused-ring (bicyclic) bond motifs is 1. The minimum absolute atomic E-state index is 0.169. The van der Waals surface area contributed by atoms with Crippen LogP contribution in [0.25, 0.3) is 10.9 Å². The van der Waals surface area contributed by atoms with Crippen molar-refractivity contribution in [2.75, 3.05) is 99.8 Å². The number of carbonyl (C=O) groups excluding carboxylic acids is 2. The van der Waals surface area contributed by atoms with Crippen molar-refractivity contribution in [3.8, 4) is 5.75 Å². The topological polar surface area (TPSA) is 148 Å². The van der Waals surface area contributed by atoms with Gasteiger partial charge in [-0.25, -0.2) is 4.98 Å². The number of aryl methyl sites for hydroxylation is 1. The molecular formula is C51H64BrN10O4P. The summed E-state index contributed by atoms with van der Waals surface area (Å²) in [7, 11) is -0.995. The number of hydrogen-bond donors (Lipinski definition) is 3. The molecule has 14 nitrogen and oxygen atoms in total. The molecule has 0 aliphatic carbocycles. The second kappa shape index (κ2) is 20.6. The van der Waals surface area contributed by atoms with E-state index >= 15 is 0 Å². The van der Waals surface area contributed by atoms with Crippen molar-refractivity contribution < 1.29 is 18.9 Å². The second-order valence-corrected chi connectivity index (χ2v) is 23.0. The van der Waals surface area contributed by atoms with Crippen LogP contribution in [-0.2, 0) is 20.6 Å². The fraction of sp³-hybridized carbons (Fsp3) is 0.471. The maximum absolute atomic E-state index is 13.6. The minimum Gasteiger partial charge on any atom is -0.494 e. The van der Waals surface area contributed by atoms with Crippen molar-refractivity contribution in [1.29, 1.82) is 0 Å². The molecule has 3 aromatic carbocycles. The van der Waals surface area contributed by atoms with Gasteiger partial charge in [-0.15, -0.1) is 0 Å². The molecular weight excluding hydrogens is 928 g/mol. The number of pyridine rings is 1. The SMILES string of the molecule is CCc1cc(Nc2ncc(Br)c(Nc3ccc4ncccc4c3P(C)(C)=O)n2)c(OC)cc1N1CCC(N2CCN(CCC3CCN(c4ccc(C5CCC(=O)NC5=O)cc4)CC3)CC2)CC1. The molecule has 3 N–H and O–H groups in total. The fourth-order valence-electron chi connectivity index (χ4n) is 10.6. The molecule has 9 rings (SSSR count). The summed E-state index contributed by atoms with van der Waals surface area (Å²) in [5.74, 6) is 1.88. The van der Waals surface area contributed by atoms with Gasteiger partial charge in [0.05, 0.1) is 34.4 Å². The number of halogens is 1. The number of imide groups is 1. The first-order valence-corrected chi connectivity index (χ1v) is 27.4. The van der Waals surface area contributed by atoms with E-state index in [1.807, 2.05) is 24.3 Å². The molecule has 4 aliphatic heterocycles. The van der Waals surface area contributed by atoms with E-state index in [0.717, 1.165) is 116 Å². The Kier molecular flexibility index (Phi) is 14.5. The van der Waals surface area contributed by atoms with Gasteiger partial charge in [0.1, 0.15) is 18.7 Å². The average Bonchev–Trinajstić information content (AvgIpc) is 3.34. The van der Waals surface area contributed by atoms with Gasteiger partial charge in [0.25, 0.3) is 0 Å². The number of piperazine rings is 1. The first kappa shape index (κ1) is 47.0. The number of ether oxygens (including phenoxy) is 1. The number of rotatable bonds is 14. The van der Waals surface area contributed by atoms with Crippen LogP contribution in [-0.4, -0.2) is 122 Å². The lowest BCUT2D eigenvalue weighted by atomic mass is 9.90. The number of anilines is 6. The molecule has 1 atom stereocenters. The Labute approximate surface area is 403 Å². The highest BCUT2D eigenvalue weighted by atomic mass is 79.9. The van der Waals surface area contributed by atoms with E-state index in [1.54, 1.807) is 32.8 Å². The Morgan fingerprint density at radius 2 is 1.60 bits per heavy atom. The first-order valence-electron chi connectivity index (χ1n) is 24.0. The van der Waals surface area contributed by atoms with Gasteiger partial charge in [-0.1, -0.05) is 25.1 Å². The Bertz CT molecular complexity index is 2620. The van der Waals surface area contributed by atoms with Crippen molar-refractivity contribution in [2.24, 2.45) is 5.92 Å². The zero-order valence-corrected chi connectivity index (χ0v) is 41.8. The number of nitrogens with zero attached hydrogens (tertiary/aromatic N) is 7. The first-order chi connectivity index (χ1) is 32.4. The molecule has 2 aromatic heterocycles. The zero-order valence-electron chi connectivity index (χ0n) is 39.3. The van der Waals surface area contributed by atoms with Gasteiger partial charge in [0, 0.05) is 105 Å². The predicted octanol–water partition coefficient (Wildman–Crippen LogP) is 8.51. The molecule has 0 radical (unpaired) electrons. The normalized spacial score (nSPS) is 19.4. The Hall–Kier alpha value is -5.08. The third kappa shape index (κ3) is 10.8. The van der Waals surface area contributed by atoms with Crippen molar-refractivity contribution in [2.45, 2.75) is 70.3 Å². The highest BCUT2D eigenvalue weighted by Gasteiger charge is 2.31. The standard InChI is InChI=1S/C51H64BrN10O4P/c1-5-35-31-44(56-51-54-33-41(52)49(58-51)55-43-14-13-42-40(7-6-21-53-42)48(43)67(3,4)65)46(66-2)32-45(35)62-25-19-38(20-26-62)61-29-27-59(28-30-61)22-16-34-17-23-60(24-18-34)37-10-8-36(9-11-37)39-12-15-47(63)57-50(39)64/h6-11,13-14,21,31-34,38-39H,5,12,15-20,22-30H2,1-4H3,(H,57,63,64)(H2,54,55,56,58). The van der Waals surface area contributed by atoms with Crippen LogP contribution in [0, 0.1) is 5.92 Å². The van der Waals surface area contributed by atoms with Crippen molar-refractivity contribution >= 4 is 85.6 Å². The molecule has 2 amide bonds. The lowest BCUT2D eigenvalue weighted by Gasteiger charge is -2.44. The summed E-state index contributed by atoms with van der Waals surface area (Å²) >= 11 is 3.63. The number of piperidine rings is 3. The van der Waals surface area contributed by atoms with Crippen molar-refractivity contribution in [3.05, 3.63) is 88.7 Å². The van der Waals surface area contributed by atoms with Gasteiger partial charge in [0.15, 0.2) is 0 Å². The number of nitrogens with one attached hydrogen (secondary N) is 3. The van der Waals surface area contributed by atoms with Crippen LogP contribution in [0.15, 0.2) is 77.5 Å². The summed E-state index contributed by atoms with van der Waals surface area (Å²) in [5.41, 5.74) is 7.00. The van der Waals surface area contributed by atoms with Gasteiger partial charge in [0.2, 0.25) is 17.8 Å². The molecule has 4 aliphatic rings. The zero-order chi connectivity index (χ0) is 46.7. The monoisotopic (exact) mass is 990 g/mol. The van der Waals surface area contributed by atoms with Crippen LogP contribution in [0.1, 0.15) is 68.9 Å². The van der Waals surface area contributed by atoms with Crippen LogP contribution < -0.4 is 35.8 Å². The van der Waals surface area contributed by atoms with Crippen LogP contribution in [0.4, 0.5) is 34.5 Å². The molecule has 5 aromatic rings. The van der Waals surface area contributed by atoms with Crippen LogP contribution >= 0.6 is 23.1 Å². The van der Waals surface area contributed by atoms with E-state index in [4.69, 9.17) is 9.72 Å². The van der Waals surface area contributed by atoms with Gasteiger partial charge in [-0.05, 0) is 134 Å². The van der Waals surface area contributed by atoms with E-state index in [9.17, 15) is 14.2 Å². The molecule has 16 heteroatoms. The van der Waals surface area contributed by atoms with E-state index in [2.05, 4.69) is 105 Å². The Morgan fingerprint density at radius 3 is 2.30 bits per heavy atom. The summed E-state index contributed by atoms with van der Waals surface area (Å²) < 4.78 is 20.3. The van der Waals surface area contributed by atoms with Crippen molar-refractivity contribution in [1.82, 2.24) is 30.1 Å². The maximum Gasteiger partial charge on any atom is 0.234 e. The molecule has 4 saturated heterocycles. The molecule has 4 fully saturated rings. The van der Waals surface area contributed by atoms with E-state index < -0.39 is 7.14 Å². The quantitative estimate of drug-likeness (QED) is 0.0722. The summed E-state index contributed by atoms with van der Waals surface area (Å²) in [6, 6.07) is 21.1. The molecule has 6 heterocycles. The highest BCUT2D eigenvalue weighted by Crippen LogP contribution is 2.42. The summed E-state index contributed by atoms with van der Waals surface area (Å²) in [4.78, 5) is 48.3. The molecule has 354 valence electrons. The molecule has 0 bridgehead atoms. The lowest BCUT2D eigenvalue weighted by molar-refractivity contribution is -0.134. The molecule has 0 spiro atoms. The van der Waals surface area contributed by atoms with Crippen LogP contribution in [0.2, 0.25) is 0 Å². The average molecular weight is 992 g/mol. The van der Waals surface area contributed by atoms with Gasteiger partial charge < -0.3 is 34.6 Å². The number of carbonyl (C=O) groups is 2. The summed E-state index contributed by atoms with van der Waals surface area (Å²) in [6.07, 6.45) is 11.3. The van der Waals surface area contributed by atoms with E-state index in [0.29, 0.717) is 35.1 Å². The second-order valence-electron chi connectivity index (χ2n) is 19.0. The van der Waals surface area contributed by atoms with Gasteiger partial charge >= 0.3 is 0 Å². The lowest BCUT2D eigenvalue weighted by Crippen LogP contribution is -2.53.